The van der Waals surface area contributed by atoms with Crippen molar-refractivity contribution >= 4 is 23.6 Å². The van der Waals surface area contributed by atoms with Crippen LogP contribution < -0.4 is 82.2 Å². The Bertz CT molecular complexity index is 5550. The molecule has 0 amide bonds. The molecular formula is C81H114BN12O21P2Y2-2. The summed E-state index contributed by atoms with van der Waals surface area (Å²) in [5.41, 5.74) is 5.16. The Morgan fingerprint density at radius 1 is 0.403 bits per heavy atom. The smallest absolute Gasteiger partial charge is 0.367 e. The van der Waals surface area contributed by atoms with Crippen LogP contribution in [-0.2, 0) is 154 Å². The molecule has 0 aliphatic carbocycles. The third kappa shape index (κ3) is 32.4. The molecule has 6 N–H and O–H groups in total. The predicted octanol–water partition coefficient (Wildman–Crippen LogP) is 9.08. The SMILES string of the molecule is CCOCn1c(Cc2ccc(OCP(=O)(OC)OC)cc2)c(C(C)C)c(=O)[nH]c1=O.CCOCn1c(Cc2ccccc2)c(C(C)C)c(=O)[nH]c1=O.CCOP(=O)(Cn1c(Cc2ccccc2)c(C(C)C)c(=O)[nH]c1=O)OCC.CCc1[n-]c(=O)[nH]c(=O)c1C(C)C.CCn1c(C)c(C(C)C)c(=O)[nH]c1=O.Cc1[n-]c(=O)[nH]c(=O)c1C.[B].[Y].[Y]. The summed E-state index contributed by atoms with van der Waals surface area (Å²) in [5.74, 6) is 0.574. The summed E-state index contributed by atoms with van der Waals surface area (Å²) in [4.78, 5) is 162. The molecule has 0 saturated carbocycles. The summed E-state index contributed by atoms with van der Waals surface area (Å²) in [5, 5.41) is 0. The topological polar surface area (TPSA) is 446 Å². The van der Waals surface area contributed by atoms with Crippen LogP contribution in [-0.4, -0.2) is 104 Å². The zero-order valence-electron chi connectivity index (χ0n) is 72.0. The Kier molecular flexibility index (Phi) is 48.6. The standard InChI is InChI=1S/C20H29N2O7P.C19H27N2O5P.C17H22N2O3.C10H16N2O2.C9H14N2O2.C6H8N2O2.B.2Y/c1-6-28-12-22-17(18(14(2)3)19(23)21-20(22)24)11-15-7-9-16(10-8-15)29-13-30(25,26-4)27-5;1-5-25-27(24,26-6-2)13-21-16(12-15-10-8-7-9-11-15)17(14(3)4)18(22)20-19(21)23;1-4-22-11-19-14(10-13-8-6-5-7-9-13)15(12(2)3)16(20)18-17(19)21;1-5-12-7(4)8(6(2)3)9(13)11-10(12)14;1-4-6-7(5(2)3)8(12)11-9(13)10-6;1-3-4(2)7-6(10)8-5(3)9;;;/h7-10,14H,6,11-13H2,1-5H3,(H,21,23,24);7-11,14H,5-6,12-13H2,1-4H3,(H,20,22,23);5-9,12H,4,10-11H2,1-3H3,(H,18,20,21);6H,5H2,1-4H3,(H,11,13,14);5H,4H2,1-3H3,(H2,10,11,12,13);1-2H3,(H2,7,8,9,10);;;/p-2. The van der Waals surface area contributed by atoms with Gasteiger partial charge in [0, 0.05) is 172 Å². The van der Waals surface area contributed by atoms with Crippen LogP contribution >= 0.6 is 15.2 Å². The van der Waals surface area contributed by atoms with Crippen LogP contribution in [0, 0.1) is 20.8 Å². The molecule has 0 unspecified atom stereocenters. The van der Waals surface area contributed by atoms with Gasteiger partial charge in [0.25, 0.3) is 22.2 Å². The second kappa shape index (κ2) is 53.0. The van der Waals surface area contributed by atoms with Crippen LogP contribution in [0.15, 0.2) is 142 Å². The molecule has 3 aromatic carbocycles. The normalized spacial score (nSPS) is 11.0. The van der Waals surface area contributed by atoms with Gasteiger partial charge in [0.2, 0.25) is 0 Å². The number of ether oxygens (including phenoxy) is 3. The third-order valence-corrected chi connectivity index (χ3v) is 21.4. The van der Waals surface area contributed by atoms with E-state index in [9.17, 15) is 66.7 Å². The molecule has 119 heavy (non-hydrogen) atoms. The zero-order valence-corrected chi connectivity index (χ0v) is 79.5. The molecule has 9 aromatic rings. The fourth-order valence-electron chi connectivity index (χ4n) is 12.3. The number of benzene rings is 3. The zero-order chi connectivity index (χ0) is 87.1. The van der Waals surface area contributed by atoms with Gasteiger partial charge in [0.05, 0.1) is 13.2 Å². The number of aromatic amines is 6. The van der Waals surface area contributed by atoms with Crippen molar-refractivity contribution in [3.8, 4) is 5.75 Å². The van der Waals surface area contributed by atoms with Crippen molar-refractivity contribution in [1.82, 2.24) is 58.1 Å². The predicted molar refractivity (Wildman–Crippen MR) is 453 cm³/mol. The van der Waals surface area contributed by atoms with E-state index >= 15 is 0 Å². The van der Waals surface area contributed by atoms with Crippen LogP contribution in [0.5, 0.6) is 5.75 Å². The first-order chi connectivity index (χ1) is 54.7. The minimum Gasteiger partial charge on any atom is -0.481 e. The Hall–Kier alpha value is -7.97. The summed E-state index contributed by atoms with van der Waals surface area (Å²) in [6.45, 7) is 37.3. The molecule has 33 nitrogen and oxygen atoms in total. The first kappa shape index (κ1) is 109. The van der Waals surface area contributed by atoms with E-state index in [0.29, 0.717) is 107 Å². The molecular weight excluding hydrogens is 1730 g/mol. The Morgan fingerprint density at radius 2 is 0.748 bits per heavy atom. The summed E-state index contributed by atoms with van der Waals surface area (Å²) >= 11 is 0. The van der Waals surface area contributed by atoms with Crippen LogP contribution in [0.25, 0.3) is 0 Å². The van der Waals surface area contributed by atoms with E-state index in [4.69, 9.17) is 32.3 Å². The first-order valence-electron chi connectivity index (χ1n) is 38.2. The minimum atomic E-state index is -3.52. The maximum Gasteiger partial charge on any atom is 0.367 e. The molecule has 5 radical (unpaired) electrons. The summed E-state index contributed by atoms with van der Waals surface area (Å²) in [6, 6.07) is 26.4. The largest absolute Gasteiger partial charge is 0.481 e. The minimum absolute atomic E-state index is 0. The molecule has 0 spiro atoms. The van der Waals surface area contributed by atoms with Crippen molar-refractivity contribution in [2.45, 2.75) is 213 Å². The number of aromatic nitrogens is 12. The maximum atomic E-state index is 13.0. The van der Waals surface area contributed by atoms with Gasteiger partial charge in [0.1, 0.15) is 25.5 Å². The quantitative estimate of drug-likeness (QED) is 0.0180. The van der Waals surface area contributed by atoms with Gasteiger partial charge in [-0.05, 0) is 131 Å². The van der Waals surface area contributed by atoms with E-state index in [1.807, 2.05) is 177 Å². The second-order valence-electron chi connectivity index (χ2n) is 27.8. The second-order valence-corrected chi connectivity index (χ2v) is 32.0. The van der Waals surface area contributed by atoms with E-state index in [0.717, 1.165) is 28.1 Å². The molecule has 6 aromatic heterocycles. The van der Waals surface area contributed by atoms with Gasteiger partial charge < -0.3 is 52.2 Å². The van der Waals surface area contributed by atoms with Crippen molar-refractivity contribution in [2.24, 2.45) is 0 Å². The summed E-state index contributed by atoms with van der Waals surface area (Å²) in [6.07, 6.45) is 1.43. The van der Waals surface area contributed by atoms with Gasteiger partial charge in [-0.1, -0.05) is 160 Å². The molecule has 0 atom stereocenters. The average molecular weight is 1840 g/mol. The Morgan fingerprint density at radius 3 is 1.10 bits per heavy atom. The van der Waals surface area contributed by atoms with Crippen LogP contribution in [0.1, 0.15) is 225 Å². The molecule has 38 heteroatoms. The number of hydrogen-bond acceptors (Lipinski definition) is 21. The number of rotatable bonds is 30. The molecule has 6 heterocycles. The number of nitrogens with one attached hydrogen (secondary N) is 6. The number of nitrogens with zero attached hydrogens (tertiary/aromatic N) is 6. The van der Waals surface area contributed by atoms with E-state index < -0.39 is 49.2 Å². The van der Waals surface area contributed by atoms with E-state index in [-0.39, 0.29) is 176 Å². The van der Waals surface area contributed by atoms with Crippen molar-refractivity contribution < 1.29 is 107 Å². The third-order valence-electron chi connectivity index (χ3n) is 18.0. The van der Waals surface area contributed by atoms with Gasteiger partial charge in [-0.25, -0.2) is 19.2 Å². The number of aryl methyl sites for hydroxylation is 2. The Labute approximate surface area is 742 Å². The molecule has 0 saturated heterocycles. The van der Waals surface area contributed by atoms with E-state index in [2.05, 4.69) is 39.9 Å². The molecule has 0 aliphatic rings. The summed E-state index contributed by atoms with van der Waals surface area (Å²) < 4.78 is 67.7. The van der Waals surface area contributed by atoms with Gasteiger partial charge in [-0.15, -0.1) is 0 Å². The van der Waals surface area contributed by atoms with E-state index in [1.54, 1.807) is 44.4 Å². The first-order valence-corrected chi connectivity index (χ1v) is 41.7. The monoisotopic (exact) mass is 1840 g/mol. The van der Waals surface area contributed by atoms with Gasteiger partial charge in [0.15, 0.2) is 28.8 Å². The molecule has 645 valence electrons. The van der Waals surface area contributed by atoms with Crippen molar-refractivity contribution in [3.63, 3.8) is 0 Å². The molecule has 9 rings (SSSR count). The van der Waals surface area contributed by atoms with Crippen molar-refractivity contribution in [1.29, 1.82) is 0 Å². The van der Waals surface area contributed by atoms with E-state index in [1.165, 1.54) is 27.9 Å². The van der Waals surface area contributed by atoms with Gasteiger partial charge in [-0.2, -0.15) is 0 Å². The summed E-state index contributed by atoms with van der Waals surface area (Å²) in [7, 11) is -4.20. The molecule has 0 fully saturated rings. The van der Waals surface area contributed by atoms with Crippen LogP contribution in [0.4, 0.5) is 0 Å². The average Bonchev–Trinajstić information content (AvgIpc) is 0.789. The van der Waals surface area contributed by atoms with Crippen LogP contribution in [0.3, 0.4) is 0 Å². The Balaban J connectivity index is 0.000000736. The van der Waals surface area contributed by atoms with Crippen LogP contribution in [0.2, 0.25) is 0 Å². The van der Waals surface area contributed by atoms with Gasteiger partial charge >= 0.3 is 38.0 Å². The fourth-order valence-corrected chi connectivity index (χ4v) is 14.6. The maximum absolute atomic E-state index is 13.0. The van der Waals surface area contributed by atoms with Gasteiger partial charge in [-0.3, -0.25) is 85.7 Å². The number of H-pyrrole nitrogens is 6. The molecule has 0 aliphatic heterocycles. The van der Waals surface area contributed by atoms with Crippen molar-refractivity contribution in [2.75, 3.05) is 47.0 Å². The van der Waals surface area contributed by atoms with Crippen molar-refractivity contribution in [3.05, 3.63) is 294 Å². The number of hydrogen-bond donors (Lipinski definition) is 6. The fraction of sp³-hybridized carbons (Fsp3) is 0.481. The molecule has 0 bridgehead atoms.